The van der Waals surface area contributed by atoms with E-state index in [1.165, 1.54) is 0 Å². The average molecular weight is 330 g/mol. The minimum Gasteiger partial charge on any atom is -0.490 e. The van der Waals surface area contributed by atoms with Crippen LogP contribution in [-0.4, -0.2) is 58.3 Å². The van der Waals surface area contributed by atoms with Crippen molar-refractivity contribution in [1.29, 1.82) is 0 Å². The van der Waals surface area contributed by atoms with Crippen molar-refractivity contribution in [3.05, 3.63) is 42.5 Å². The molecule has 0 fully saturated rings. The molecule has 1 aliphatic heterocycles. The van der Waals surface area contributed by atoms with Crippen LogP contribution in [0.3, 0.4) is 0 Å². The maximum Gasteiger partial charge on any atom is 0.241 e. The van der Waals surface area contributed by atoms with Crippen molar-refractivity contribution < 1.29 is 14.6 Å². The first kappa shape index (κ1) is 16.5. The number of carbonyl (C=O) groups is 1. The van der Waals surface area contributed by atoms with E-state index in [0.717, 1.165) is 17.3 Å². The number of ether oxygens (including phenoxy) is 1. The Kier molecular flexibility index (Phi) is 5.12. The molecule has 0 bridgehead atoms. The van der Waals surface area contributed by atoms with Gasteiger partial charge in [0.25, 0.3) is 0 Å². The third-order valence-corrected chi connectivity index (χ3v) is 4.09. The first-order chi connectivity index (χ1) is 11.7. The summed E-state index contributed by atoms with van der Waals surface area (Å²) in [5, 5.41) is 9.30. The summed E-state index contributed by atoms with van der Waals surface area (Å²) in [7, 11) is 1.92. The Balaban J connectivity index is 1.71. The first-order valence-electron chi connectivity index (χ1n) is 8.00. The van der Waals surface area contributed by atoms with Crippen LogP contribution < -0.4 is 9.64 Å². The molecule has 0 atom stereocenters. The van der Waals surface area contributed by atoms with Crippen LogP contribution in [0.4, 0.5) is 5.69 Å². The summed E-state index contributed by atoms with van der Waals surface area (Å²) in [6, 6.07) is 7.55. The van der Waals surface area contributed by atoms with Gasteiger partial charge < -0.3 is 19.3 Å². The maximum atomic E-state index is 12.8. The molecule has 0 spiro atoms. The number of aryl methyl sites for hydroxylation is 1. The smallest absolute Gasteiger partial charge is 0.241 e. The van der Waals surface area contributed by atoms with E-state index in [2.05, 4.69) is 4.98 Å². The topological polar surface area (TPSA) is 70.8 Å². The van der Waals surface area contributed by atoms with Crippen molar-refractivity contribution in [3.8, 4) is 5.75 Å². The van der Waals surface area contributed by atoms with Gasteiger partial charge in [-0.3, -0.25) is 9.69 Å². The Morgan fingerprint density at radius 2 is 2.25 bits per heavy atom. The van der Waals surface area contributed by atoms with E-state index in [9.17, 15) is 9.90 Å². The molecule has 0 unspecified atom stereocenters. The van der Waals surface area contributed by atoms with Gasteiger partial charge in [0, 0.05) is 26.0 Å². The lowest BCUT2D eigenvalue weighted by Crippen LogP contribution is -2.44. The number of aliphatic hydroxyl groups excluding tert-OH is 1. The van der Waals surface area contributed by atoms with Gasteiger partial charge in [0.15, 0.2) is 0 Å². The molecule has 24 heavy (non-hydrogen) atoms. The number of amides is 1. The van der Waals surface area contributed by atoms with Crippen molar-refractivity contribution >= 4 is 11.6 Å². The van der Waals surface area contributed by atoms with E-state index < -0.39 is 0 Å². The van der Waals surface area contributed by atoms with Crippen LogP contribution in [0.2, 0.25) is 0 Å². The molecular formula is C17H22N4O3. The largest absolute Gasteiger partial charge is 0.490 e. The minimum atomic E-state index is -0.00610. The molecule has 1 amide bonds. The van der Waals surface area contributed by atoms with Crippen LogP contribution in [0.1, 0.15) is 5.82 Å². The van der Waals surface area contributed by atoms with E-state index in [1.807, 2.05) is 47.0 Å². The fraction of sp³-hybridized carbons (Fsp3) is 0.412. The number of rotatable bonds is 6. The summed E-state index contributed by atoms with van der Waals surface area (Å²) < 4.78 is 7.51. The Bertz CT molecular complexity index is 701. The summed E-state index contributed by atoms with van der Waals surface area (Å²) in [6.45, 7) is 2.18. The third-order valence-electron chi connectivity index (χ3n) is 4.09. The highest BCUT2D eigenvalue weighted by atomic mass is 16.5. The zero-order valence-electron chi connectivity index (χ0n) is 13.8. The van der Waals surface area contributed by atoms with E-state index in [-0.39, 0.29) is 19.1 Å². The second-order valence-electron chi connectivity index (χ2n) is 5.75. The van der Waals surface area contributed by atoms with E-state index in [0.29, 0.717) is 26.2 Å². The molecule has 1 N–H and O–H groups in total. The molecule has 0 saturated heterocycles. The van der Waals surface area contributed by atoms with Crippen LogP contribution in [0.5, 0.6) is 5.75 Å². The van der Waals surface area contributed by atoms with Crippen LogP contribution in [-0.2, 0) is 18.4 Å². The van der Waals surface area contributed by atoms with Crippen molar-refractivity contribution in [2.75, 3.05) is 37.7 Å². The zero-order chi connectivity index (χ0) is 16.9. The summed E-state index contributed by atoms with van der Waals surface area (Å²) >= 11 is 0. The normalized spacial score (nSPS) is 13.7. The van der Waals surface area contributed by atoms with Crippen molar-refractivity contribution in [1.82, 2.24) is 14.5 Å². The molecule has 7 nitrogen and oxygen atoms in total. The molecule has 2 aromatic rings. The Morgan fingerprint density at radius 3 is 3.00 bits per heavy atom. The maximum absolute atomic E-state index is 12.8. The second-order valence-corrected chi connectivity index (χ2v) is 5.75. The number of para-hydroxylation sites is 2. The lowest BCUT2D eigenvalue weighted by molar-refractivity contribution is -0.120. The van der Waals surface area contributed by atoms with Gasteiger partial charge in [0.2, 0.25) is 5.91 Å². The summed E-state index contributed by atoms with van der Waals surface area (Å²) in [4.78, 5) is 20.7. The molecule has 2 heterocycles. The Hall–Kier alpha value is -2.38. The van der Waals surface area contributed by atoms with Gasteiger partial charge >= 0.3 is 0 Å². The molecule has 1 aliphatic rings. The summed E-state index contributed by atoms with van der Waals surface area (Å²) in [5.74, 6) is 1.59. The predicted molar refractivity (Wildman–Crippen MR) is 89.9 cm³/mol. The zero-order valence-corrected chi connectivity index (χ0v) is 13.8. The molecule has 1 aromatic carbocycles. The van der Waals surface area contributed by atoms with E-state index in [4.69, 9.17) is 4.74 Å². The van der Waals surface area contributed by atoms with Crippen molar-refractivity contribution in [2.24, 2.45) is 7.05 Å². The first-order valence-corrected chi connectivity index (χ1v) is 8.00. The van der Waals surface area contributed by atoms with Crippen LogP contribution in [0, 0.1) is 0 Å². The standard InChI is InChI=1S/C17H22N4O3/c1-19-7-6-18-16(19)12-20(8-10-22)13-17(23)21-9-11-24-15-5-3-2-4-14(15)21/h2-7,22H,8-13H2,1H3. The van der Waals surface area contributed by atoms with Gasteiger partial charge in [0.05, 0.1) is 31.9 Å². The molecule has 0 aliphatic carbocycles. The number of hydrogen-bond donors (Lipinski definition) is 1. The molecule has 0 radical (unpaired) electrons. The predicted octanol–water partition coefficient (Wildman–Crippen LogP) is 0.640. The number of aliphatic hydroxyl groups is 1. The molecule has 1 aromatic heterocycles. The fourth-order valence-electron chi connectivity index (χ4n) is 2.81. The quantitative estimate of drug-likeness (QED) is 0.842. The van der Waals surface area contributed by atoms with E-state index >= 15 is 0 Å². The van der Waals surface area contributed by atoms with Gasteiger partial charge in [-0.1, -0.05) is 12.1 Å². The second kappa shape index (κ2) is 7.46. The average Bonchev–Trinajstić information content (AvgIpc) is 2.99. The van der Waals surface area contributed by atoms with Crippen LogP contribution >= 0.6 is 0 Å². The third kappa shape index (κ3) is 3.58. The lowest BCUT2D eigenvalue weighted by atomic mass is 10.2. The number of imidazole rings is 1. The molecule has 0 saturated carbocycles. The number of anilines is 1. The van der Waals surface area contributed by atoms with Crippen molar-refractivity contribution in [3.63, 3.8) is 0 Å². The molecular weight excluding hydrogens is 308 g/mol. The van der Waals surface area contributed by atoms with Gasteiger partial charge in [-0.2, -0.15) is 0 Å². The lowest BCUT2D eigenvalue weighted by Gasteiger charge is -2.31. The van der Waals surface area contributed by atoms with Crippen molar-refractivity contribution in [2.45, 2.75) is 6.54 Å². The monoisotopic (exact) mass is 330 g/mol. The molecule has 7 heteroatoms. The van der Waals surface area contributed by atoms with Crippen LogP contribution in [0.25, 0.3) is 0 Å². The highest BCUT2D eigenvalue weighted by Gasteiger charge is 2.25. The Labute approximate surface area is 141 Å². The number of carbonyl (C=O) groups excluding carboxylic acids is 1. The molecule has 3 rings (SSSR count). The molecule has 128 valence electrons. The number of fused-ring (bicyclic) bond motifs is 1. The number of benzene rings is 1. The van der Waals surface area contributed by atoms with Gasteiger partial charge in [0.1, 0.15) is 18.2 Å². The SMILES string of the molecule is Cn1ccnc1CN(CCO)CC(=O)N1CCOc2ccccc21. The van der Waals surface area contributed by atoms with Gasteiger partial charge in [-0.05, 0) is 12.1 Å². The number of aromatic nitrogens is 2. The highest BCUT2D eigenvalue weighted by Crippen LogP contribution is 2.30. The van der Waals surface area contributed by atoms with Crippen LogP contribution in [0.15, 0.2) is 36.7 Å². The highest BCUT2D eigenvalue weighted by molar-refractivity contribution is 5.96. The Morgan fingerprint density at radius 1 is 1.42 bits per heavy atom. The number of nitrogens with zero attached hydrogens (tertiary/aromatic N) is 4. The van der Waals surface area contributed by atoms with E-state index in [1.54, 1.807) is 11.1 Å². The van der Waals surface area contributed by atoms with Gasteiger partial charge in [-0.15, -0.1) is 0 Å². The number of hydrogen-bond acceptors (Lipinski definition) is 5. The van der Waals surface area contributed by atoms with Gasteiger partial charge in [-0.25, -0.2) is 4.98 Å². The summed E-state index contributed by atoms with van der Waals surface area (Å²) in [6.07, 6.45) is 3.60. The minimum absolute atomic E-state index is 0.00258. The fourth-order valence-corrected chi connectivity index (χ4v) is 2.81. The summed E-state index contributed by atoms with van der Waals surface area (Å²) in [5.41, 5.74) is 0.801.